The number of nitrogens with zero attached hydrogens (tertiary/aromatic N) is 7. The molecule has 1 fully saturated rings. The molecular formula is C20H17F2N7O2S. The Morgan fingerprint density at radius 3 is 2.09 bits per heavy atom. The number of halogens is 2. The third kappa shape index (κ3) is 3.56. The number of piperazine rings is 1. The van der Waals surface area contributed by atoms with Gasteiger partial charge in [-0.15, -0.1) is 5.10 Å². The molecule has 1 saturated heterocycles. The molecule has 5 rings (SSSR count). The Morgan fingerprint density at radius 2 is 1.44 bits per heavy atom. The molecule has 1 aliphatic rings. The van der Waals surface area contributed by atoms with E-state index in [1.54, 1.807) is 12.1 Å². The SMILES string of the molecule is O=S(=O)(c1ccc(F)cc1)N1CCN(c2ncnc3c2nnn3-c2ccc(F)cc2)CC1. The Bertz CT molecular complexity index is 1370. The molecule has 32 heavy (non-hydrogen) atoms. The first-order chi connectivity index (χ1) is 15.4. The highest BCUT2D eigenvalue weighted by Crippen LogP contribution is 2.25. The van der Waals surface area contributed by atoms with Gasteiger partial charge in [0.2, 0.25) is 10.0 Å². The van der Waals surface area contributed by atoms with Crippen molar-refractivity contribution in [1.82, 2.24) is 29.3 Å². The van der Waals surface area contributed by atoms with Crippen LogP contribution in [0.2, 0.25) is 0 Å². The normalized spacial score (nSPS) is 15.4. The summed E-state index contributed by atoms with van der Waals surface area (Å²) in [6, 6.07) is 10.6. The van der Waals surface area contributed by atoms with E-state index in [2.05, 4.69) is 20.3 Å². The standard InChI is InChI=1S/C20H17F2N7O2S/c21-14-1-5-16(6-2-14)29-20-18(25-26-29)19(23-13-24-20)27-9-11-28(12-10-27)32(30,31)17-7-3-15(22)4-8-17/h1-8,13H,9-12H2. The minimum atomic E-state index is -3.72. The van der Waals surface area contributed by atoms with Crippen molar-refractivity contribution in [2.45, 2.75) is 4.90 Å². The Labute approximate surface area is 182 Å². The summed E-state index contributed by atoms with van der Waals surface area (Å²) in [7, 11) is -3.72. The van der Waals surface area contributed by atoms with E-state index in [-0.39, 0.29) is 23.8 Å². The summed E-state index contributed by atoms with van der Waals surface area (Å²) in [6.45, 7) is 1.24. The number of hydrogen-bond acceptors (Lipinski definition) is 7. The van der Waals surface area contributed by atoms with Crippen LogP contribution in [0, 0.1) is 11.6 Å². The third-order valence-electron chi connectivity index (χ3n) is 5.28. The molecule has 0 bridgehead atoms. The molecule has 0 atom stereocenters. The molecule has 3 heterocycles. The Balaban J connectivity index is 1.38. The van der Waals surface area contributed by atoms with Crippen LogP contribution in [0.5, 0.6) is 0 Å². The maximum atomic E-state index is 13.2. The van der Waals surface area contributed by atoms with Gasteiger partial charge in [-0.2, -0.15) is 8.99 Å². The average Bonchev–Trinajstić information content (AvgIpc) is 3.24. The summed E-state index contributed by atoms with van der Waals surface area (Å²) in [5.41, 5.74) is 1.53. The molecule has 4 aromatic rings. The van der Waals surface area contributed by atoms with Crippen LogP contribution in [0.4, 0.5) is 14.6 Å². The smallest absolute Gasteiger partial charge is 0.243 e. The molecule has 1 aliphatic heterocycles. The number of rotatable bonds is 4. The van der Waals surface area contributed by atoms with Crippen LogP contribution in [0.3, 0.4) is 0 Å². The summed E-state index contributed by atoms with van der Waals surface area (Å²) < 4.78 is 55.0. The number of anilines is 1. The predicted molar refractivity (Wildman–Crippen MR) is 112 cm³/mol. The highest BCUT2D eigenvalue weighted by atomic mass is 32.2. The number of hydrogen-bond donors (Lipinski definition) is 0. The van der Waals surface area contributed by atoms with E-state index < -0.39 is 15.8 Å². The van der Waals surface area contributed by atoms with Gasteiger partial charge < -0.3 is 4.90 Å². The van der Waals surface area contributed by atoms with Crippen molar-refractivity contribution in [3.63, 3.8) is 0 Å². The van der Waals surface area contributed by atoms with Gasteiger partial charge in [-0.3, -0.25) is 0 Å². The van der Waals surface area contributed by atoms with Crippen molar-refractivity contribution in [3.8, 4) is 5.69 Å². The molecule has 9 nitrogen and oxygen atoms in total. The van der Waals surface area contributed by atoms with Gasteiger partial charge in [0.1, 0.15) is 18.0 Å². The van der Waals surface area contributed by atoms with Crippen LogP contribution in [0.25, 0.3) is 16.9 Å². The molecule has 0 radical (unpaired) electrons. The van der Waals surface area contributed by atoms with Gasteiger partial charge in [0.15, 0.2) is 17.0 Å². The van der Waals surface area contributed by atoms with Crippen LogP contribution in [0.15, 0.2) is 59.8 Å². The van der Waals surface area contributed by atoms with Crippen molar-refractivity contribution < 1.29 is 17.2 Å². The predicted octanol–water partition coefficient (Wildman–Crippen LogP) is 2.00. The summed E-state index contributed by atoms with van der Waals surface area (Å²) in [5, 5.41) is 8.33. The van der Waals surface area contributed by atoms with Gasteiger partial charge in [0, 0.05) is 26.2 Å². The van der Waals surface area contributed by atoms with Crippen LogP contribution in [0.1, 0.15) is 0 Å². The zero-order chi connectivity index (χ0) is 22.3. The van der Waals surface area contributed by atoms with Crippen LogP contribution < -0.4 is 4.90 Å². The number of benzene rings is 2. The lowest BCUT2D eigenvalue weighted by molar-refractivity contribution is 0.384. The highest BCUT2D eigenvalue weighted by molar-refractivity contribution is 7.89. The Hall–Kier alpha value is -3.51. The summed E-state index contributed by atoms with van der Waals surface area (Å²) in [4.78, 5) is 10.6. The van der Waals surface area contributed by atoms with Crippen molar-refractivity contribution >= 4 is 27.0 Å². The first-order valence-electron chi connectivity index (χ1n) is 9.76. The first-order valence-corrected chi connectivity index (χ1v) is 11.2. The maximum Gasteiger partial charge on any atom is 0.243 e. The quantitative estimate of drug-likeness (QED) is 0.462. The van der Waals surface area contributed by atoms with Gasteiger partial charge in [-0.1, -0.05) is 5.21 Å². The lowest BCUT2D eigenvalue weighted by Crippen LogP contribution is -2.49. The van der Waals surface area contributed by atoms with E-state index in [9.17, 15) is 17.2 Å². The molecule has 0 N–H and O–H groups in total. The molecule has 0 spiro atoms. The van der Waals surface area contributed by atoms with Crippen molar-refractivity contribution in [2.75, 3.05) is 31.1 Å². The van der Waals surface area contributed by atoms with Gasteiger partial charge >= 0.3 is 0 Å². The van der Waals surface area contributed by atoms with Crippen LogP contribution in [-0.4, -0.2) is 63.9 Å². The monoisotopic (exact) mass is 457 g/mol. The second kappa shape index (κ2) is 7.88. The summed E-state index contributed by atoms with van der Waals surface area (Å²) >= 11 is 0. The lowest BCUT2D eigenvalue weighted by atomic mass is 10.3. The topological polar surface area (TPSA) is 97.1 Å². The van der Waals surface area contributed by atoms with Gasteiger partial charge in [0.05, 0.1) is 10.6 Å². The first kappa shape index (κ1) is 20.4. The van der Waals surface area contributed by atoms with E-state index in [0.29, 0.717) is 35.8 Å². The molecule has 0 saturated carbocycles. The fraction of sp³-hybridized carbons (Fsp3) is 0.200. The zero-order valence-electron chi connectivity index (χ0n) is 16.6. The Kier molecular flexibility index (Phi) is 5.02. The molecular weight excluding hydrogens is 440 g/mol. The number of aromatic nitrogens is 5. The number of sulfonamides is 1. The summed E-state index contributed by atoms with van der Waals surface area (Å²) in [5.74, 6) is -0.306. The van der Waals surface area contributed by atoms with Crippen molar-refractivity contribution in [1.29, 1.82) is 0 Å². The molecule has 2 aromatic heterocycles. The fourth-order valence-corrected chi connectivity index (χ4v) is 5.04. The third-order valence-corrected chi connectivity index (χ3v) is 7.19. The maximum absolute atomic E-state index is 13.2. The second-order valence-electron chi connectivity index (χ2n) is 7.19. The molecule has 0 unspecified atom stereocenters. The van der Waals surface area contributed by atoms with Gasteiger partial charge in [0.25, 0.3) is 0 Å². The molecule has 2 aromatic carbocycles. The molecule has 0 amide bonds. The van der Waals surface area contributed by atoms with Crippen molar-refractivity contribution in [2.24, 2.45) is 0 Å². The van der Waals surface area contributed by atoms with E-state index >= 15 is 0 Å². The fourth-order valence-electron chi connectivity index (χ4n) is 3.62. The molecule has 12 heteroatoms. The van der Waals surface area contributed by atoms with E-state index in [4.69, 9.17) is 0 Å². The second-order valence-corrected chi connectivity index (χ2v) is 9.13. The van der Waals surface area contributed by atoms with Crippen LogP contribution in [-0.2, 0) is 10.0 Å². The molecule has 0 aliphatic carbocycles. The Morgan fingerprint density at radius 1 is 0.812 bits per heavy atom. The lowest BCUT2D eigenvalue weighted by Gasteiger charge is -2.34. The van der Waals surface area contributed by atoms with E-state index in [0.717, 1.165) is 12.1 Å². The zero-order valence-corrected chi connectivity index (χ0v) is 17.5. The average molecular weight is 457 g/mol. The highest BCUT2D eigenvalue weighted by Gasteiger charge is 2.30. The largest absolute Gasteiger partial charge is 0.352 e. The van der Waals surface area contributed by atoms with E-state index in [1.165, 1.54) is 39.6 Å². The summed E-state index contributed by atoms with van der Waals surface area (Å²) in [6.07, 6.45) is 1.39. The minimum Gasteiger partial charge on any atom is -0.352 e. The van der Waals surface area contributed by atoms with E-state index in [1.807, 2.05) is 4.90 Å². The van der Waals surface area contributed by atoms with Gasteiger partial charge in [-0.05, 0) is 48.5 Å². The minimum absolute atomic E-state index is 0.0546. The van der Waals surface area contributed by atoms with Crippen LogP contribution >= 0.6 is 0 Å². The number of fused-ring (bicyclic) bond motifs is 1. The molecule has 164 valence electrons. The van der Waals surface area contributed by atoms with Gasteiger partial charge in [-0.25, -0.2) is 27.2 Å². The van der Waals surface area contributed by atoms with Crippen molar-refractivity contribution in [3.05, 3.63) is 66.5 Å².